The highest BCUT2D eigenvalue weighted by Crippen LogP contribution is 2.26. The van der Waals surface area contributed by atoms with Gasteiger partial charge < -0.3 is 4.74 Å². The van der Waals surface area contributed by atoms with Crippen LogP contribution in [0.3, 0.4) is 0 Å². The van der Waals surface area contributed by atoms with Crippen molar-refractivity contribution in [3.63, 3.8) is 0 Å². The molecule has 0 amide bonds. The molecule has 0 saturated carbocycles. The van der Waals surface area contributed by atoms with Gasteiger partial charge in [0.05, 0.1) is 22.5 Å². The number of para-hydroxylation sites is 1. The van der Waals surface area contributed by atoms with Crippen molar-refractivity contribution < 1.29 is 9.53 Å². The third-order valence-corrected chi connectivity index (χ3v) is 5.58. The Labute approximate surface area is 191 Å². The van der Waals surface area contributed by atoms with Crippen LogP contribution in [0.15, 0.2) is 94.3 Å². The molecule has 0 unspecified atom stereocenters. The van der Waals surface area contributed by atoms with E-state index in [4.69, 9.17) is 9.72 Å². The molecular formula is C25H16BrN3O3. The van der Waals surface area contributed by atoms with Gasteiger partial charge in [0.25, 0.3) is 5.56 Å². The number of nitrogens with zero attached hydrogens (tertiary/aromatic N) is 3. The lowest BCUT2D eigenvalue weighted by molar-refractivity contribution is 0.0470. The number of aromatic nitrogens is 3. The summed E-state index contributed by atoms with van der Waals surface area (Å²) in [4.78, 5) is 34.4. The number of carbonyl (C=O) groups excluding carboxylic acids is 1. The minimum atomic E-state index is -0.503. The van der Waals surface area contributed by atoms with Gasteiger partial charge in [0, 0.05) is 27.7 Å². The SMILES string of the molecule is O=C(OCc1cc(=O)n2ccccc2n1)c1cc(-c2ccc(Br)cc2)nc2ccccc12. The predicted octanol–water partition coefficient (Wildman–Crippen LogP) is 5.03. The van der Waals surface area contributed by atoms with Crippen LogP contribution in [0, 0.1) is 0 Å². The van der Waals surface area contributed by atoms with Crippen LogP contribution in [0.1, 0.15) is 16.1 Å². The fraction of sp³-hybridized carbons (Fsp3) is 0.0400. The summed E-state index contributed by atoms with van der Waals surface area (Å²) in [6.07, 6.45) is 1.65. The number of benzene rings is 2. The summed E-state index contributed by atoms with van der Waals surface area (Å²) in [6.45, 7) is -0.107. The molecule has 0 spiro atoms. The van der Waals surface area contributed by atoms with E-state index < -0.39 is 5.97 Å². The zero-order valence-electron chi connectivity index (χ0n) is 16.7. The quantitative estimate of drug-likeness (QED) is 0.333. The maximum absolute atomic E-state index is 13.0. The van der Waals surface area contributed by atoms with Gasteiger partial charge in [-0.2, -0.15) is 0 Å². The Hall–Kier alpha value is -3.84. The van der Waals surface area contributed by atoms with E-state index in [1.54, 1.807) is 30.5 Å². The number of esters is 1. The maximum Gasteiger partial charge on any atom is 0.339 e. The second-order valence-electron chi connectivity index (χ2n) is 7.17. The maximum atomic E-state index is 13.0. The van der Waals surface area contributed by atoms with E-state index in [-0.39, 0.29) is 12.2 Å². The first-order valence-electron chi connectivity index (χ1n) is 9.89. The number of rotatable bonds is 4. The number of carbonyl (C=O) groups is 1. The van der Waals surface area contributed by atoms with Crippen LogP contribution in [0.25, 0.3) is 27.8 Å². The number of halogens is 1. The van der Waals surface area contributed by atoms with Crippen molar-refractivity contribution in [3.05, 3.63) is 111 Å². The molecule has 7 heteroatoms. The third-order valence-electron chi connectivity index (χ3n) is 5.05. The van der Waals surface area contributed by atoms with Gasteiger partial charge in [-0.05, 0) is 36.4 Å². The van der Waals surface area contributed by atoms with Crippen molar-refractivity contribution in [2.75, 3.05) is 0 Å². The molecule has 0 atom stereocenters. The highest BCUT2D eigenvalue weighted by Gasteiger charge is 2.16. The first kappa shape index (κ1) is 20.1. The average Bonchev–Trinajstić information content (AvgIpc) is 2.82. The monoisotopic (exact) mass is 485 g/mol. The van der Waals surface area contributed by atoms with Gasteiger partial charge in [-0.15, -0.1) is 0 Å². The van der Waals surface area contributed by atoms with Gasteiger partial charge in [0.1, 0.15) is 12.3 Å². The molecule has 2 aromatic carbocycles. The molecule has 0 bridgehead atoms. The molecule has 0 N–H and O–H groups in total. The van der Waals surface area contributed by atoms with Gasteiger partial charge in [0.15, 0.2) is 0 Å². The summed E-state index contributed by atoms with van der Waals surface area (Å²) in [7, 11) is 0. The van der Waals surface area contributed by atoms with Gasteiger partial charge in [-0.25, -0.2) is 14.8 Å². The molecule has 0 saturated heterocycles. The topological polar surface area (TPSA) is 73.6 Å². The molecule has 5 aromatic rings. The summed E-state index contributed by atoms with van der Waals surface area (Å²) in [5.41, 5.74) is 3.32. The molecule has 6 nitrogen and oxygen atoms in total. The van der Waals surface area contributed by atoms with E-state index in [1.165, 1.54) is 10.5 Å². The Kier molecular flexibility index (Phi) is 5.25. The van der Waals surface area contributed by atoms with E-state index in [9.17, 15) is 9.59 Å². The largest absolute Gasteiger partial charge is 0.456 e. The van der Waals surface area contributed by atoms with Crippen molar-refractivity contribution in [1.29, 1.82) is 0 Å². The Morgan fingerprint density at radius 1 is 0.938 bits per heavy atom. The molecule has 3 aromatic heterocycles. The normalized spacial score (nSPS) is 11.0. The molecule has 0 aliphatic heterocycles. The Bertz CT molecular complexity index is 1530. The molecule has 0 fully saturated rings. The zero-order valence-corrected chi connectivity index (χ0v) is 18.3. The summed E-state index contributed by atoms with van der Waals surface area (Å²) in [5.74, 6) is -0.503. The first-order valence-corrected chi connectivity index (χ1v) is 10.7. The summed E-state index contributed by atoms with van der Waals surface area (Å²) < 4.78 is 7.95. The molecule has 0 aliphatic carbocycles. The number of ether oxygens (including phenoxy) is 1. The Morgan fingerprint density at radius 2 is 1.72 bits per heavy atom. The van der Waals surface area contributed by atoms with E-state index in [0.717, 1.165) is 10.0 Å². The second kappa shape index (κ2) is 8.36. The van der Waals surface area contributed by atoms with Crippen LogP contribution in [0.5, 0.6) is 0 Å². The molecule has 156 valence electrons. The van der Waals surface area contributed by atoms with E-state index in [2.05, 4.69) is 20.9 Å². The average molecular weight is 486 g/mol. The van der Waals surface area contributed by atoms with E-state index >= 15 is 0 Å². The summed E-state index contributed by atoms with van der Waals surface area (Å²) >= 11 is 3.43. The van der Waals surface area contributed by atoms with E-state index in [0.29, 0.717) is 33.5 Å². The van der Waals surface area contributed by atoms with Gasteiger partial charge in [-0.1, -0.05) is 52.3 Å². The van der Waals surface area contributed by atoms with Crippen LogP contribution in [-0.2, 0) is 11.3 Å². The summed E-state index contributed by atoms with van der Waals surface area (Å²) in [6, 6.07) is 23.5. The number of fused-ring (bicyclic) bond motifs is 2. The lowest BCUT2D eigenvalue weighted by atomic mass is 10.0. The van der Waals surface area contributed by atoms with Gasteiger partial charge in [0.2, 0.25) is 0 Å². The lowest BCUT2D eigenvalue weighted by Gasteiger charge is -2.10. The molecule has 32 heavy (non-hydrogen) atoms. The highest BCUT2D eigenvalue weighted by atomic mass is 79.9. The minimum Gasteiger partial charge on any atom is -0.456 e. The molecule has 0 radical (unpaired) electrons. The fourth-order valence-electron chi connectivity index (χ4n) is 3.51. The van der Waals surface area contributed by atoms with Gasteiger partial charge in [-0.3, -0.25) is 9.20 Å². The van der Waals surface area contributed by atoms with Crippen LogP contribution >= 0.6 is 15.9 Å². The van der Waals surface area contributed by atoms with Crippen molar-refractivity contribution >= 4 is 38.4 Å². The van der Waals surface area contributed by atoms with Crippen molar-refractivity contribution in [2.24, 2.45) is 0 Å². The van der Waals surface area contributed by atoms with Crippen LogP contribution < -0.4 is 5.56 Å². The van der Waals surface area contributed by atoms with Crippen LogP contribution in [0.2, 0.25) is 0 Å². The molecule has 3 heterocycles. The van der Waals surface area contributed by atoms with Crippen LogP contribution in [-0.4, -0.2) is 20.3 Å². The standard InChI is InChI=1S/C25H16BrN3O3/c26-17-10-8-16(9-11-17)22-14-20(19-5-1-2-6-21(19)28-22)25(31)32-15-18-13-24(30)29-12-4-3-7-23(29)27-18/h1-14H,15H2. The third kappa shape index (κ3) is 3.90. The second-order valence-corrected chi connectivity index (χ2v) is 8.09. The van der Waals surface area contributed by atoms with Crippen molar-refractivity contribution in [2.45, 2.75) is 6.61 Å². The smallest absolute Gasteiger partial charge is 0.339 e. The highest BCUT2D eigenvalue weighted by molar-refractivity contribution is 9.10. The minimum absolute atomic E-state index is 0.107. The Morgan fingerprint density at radius 3 is 2.56 bits per heavy atom. The van der Waals surface area contributed by atoms with Gasteiger partial charge >= 0.3 is 5.97 Å². The molecule has 5 rings (SSSR count). The number of hydrogen-bond donors (Lipinski definition) is 0. The number of pyridine rings is 2. The number of hydrogen-bond acceptors (Lipinski definition) is 5. The fourth-order valence-corrected chi connectivity index (χ4v) is 3.77. The lowest BCUT2D eigenvalue weighted by Crippen LogP contribution is -2.16. The molecular weight excluding hydrogens is 470 g/mol. The summed E-state index contributed by atoms with van der Waals surface area (Å²) in [5, 5.41) is 0.699. The van der Waals surface area contributed by atoms with Crippen molar-refractivity contribution in [3.8, 4) is 11.3 Å². The first-order chi connectivity index (χ1) is 15.6. The zero-order chi connectivity index (χ0) is 22.1. The molecule has 0 aliphatic rings. The van der Waals surface area contributed by atoms with Crippen molar-refractivity contribution in [1.82, 2.24) is 14.4 Å². The Balaban J connectivity index is 1.49. The van der Waals surface area contributed by atoms with Crippen LogP contribution in [0.4, 0.5) is 0 Å². The van der Waals surface area contributed by atoms with E-state index in [1.807, 2.05) is 48.5 Å². The predicted molar refractivity (Wildman–Crippen MR) is 125 cm³/mol.